The van der Waals surface area contributed by atoms with Gasteiger partial charge in [-0.15, -0.1) is 9.73 Å². The molecule has 23 heavy (non-hydrogen) atoms. The molecule has 2 heterocycles. The quantitative estimate of drug-likeness (QED) is 0.794. The second-order valence-electron chi connectivity index (χ2n) is 6.80. The van der Waals surface area contributed by atoms with Crippen LogP contribution in [0, 0.1) is 0 Å². The number of benzene rings is 1. The SMILES string of the molecule is CC(=O)Cc1ccc(-c2nn3nc(C(C)(C)C)c(Cl)c3[nH]2)cc1. The second kappa shape index (κ2) is 5.49. The molecule has 3 aromatic rings. The molecule has 0 aliphatic rings. The van der Waals surface area contributed by atoms with Gasteiger partial charge >= 0.3 is 0 Å². The normalized spacial score (nSPS) is 12.0. The van der Waals surface area contributed by atoms with Crippen LogP contribution in [0.4, 0.5) is 0 Å². The highest BCUT2D eigenvalue weighted by Gasteiger charge is 2.25. The van der Waals surface area contributed by atoms with Crippen molar-refractivity contribution in [3.05, 3.63) is 40.5 Å². The third kappa shape index (κ3) is 3.01. The Kier molecular flexibility index (Phi) is 3.76. The van der Waals surface area contributed by atoms with E-state index in [2.05, 4.69) is 36.0 Å². The molecule has 3 rings (SSSR count). The van der Waals surface area contributed by atoms with Crippen LogP contribution in [-0.2, 0) is 16.6 Å². The number of aromatic nitrogens is 4. The number of nitrogens with zero attached hydrogens (tertiary/aromatic N) is 3. The van der Waals surface area contributed by atoms with Crippen molar-refractivity contribution in [3.8, 4) is 11.4 Å². The molecule has 1 N–H and O–H groups in total. The third-order valence-corrected chi connectivity index (χ3v) is 3.99. The molecular formula is C17H19ClN4O. The van der Waals surface area contributed by atoms with Crippen molar-refractivity contribution in [2.24, 2.45) is 0 Å². The van der Waals surface area contributed by atoms with Crippen LogP contribution in [0.25, 0.3) is 17.0 Å². The summed E-state index contributed by atoms with van der Waals surface area (Å²) in [6.07, 6.45) is 0.447. The summed E-state index contributed by atoms with van der Waals surface area (Å²) in [7, 11) is 0. The van der Waals surface area contributed by atoms with E-state index in [1.54, 1.807) is 11.6 Å². The smallest absolute Gasteiger partial charge is 0.175 e. The Morgan fingerprint density at radius 3 is 2.39 bits per heavy atom. The zero-order valence-electron chi connectivity index (χ0n) is 13.6. The molecule has 0 fully saturated rings. The van der Waals surface area contributed by atoms with E-state index in [0.717, 1.165) is 16.8 Å². The van der Waals surface area contributed by atoms with E-state index in [1.165, 1.54) is 0 Å². The Balaban J connectivity index is 1.96. The van der Waals surface area contributed by atoms with Gasteiger partial charge in [0.15, 0.2) is 11.5 Å². The Morgan fingerprint density at radius 2 is 1.87 bits per heavy atom. The highest BCUT2D eigenvalue weighted by molar-refractivity contribution is 6.34. The van der Waals surface area contributed by atoms with Gasteiger partial charge in [0.05, 0.1) is 5.69 Å². The zero-order chi connectivity index (χ0) is 16.8. The van der Waals surface area contributed by atoms with Crippen LogP contribution in [-0.4, -0.2) is 25.6 Å². The Morgan fingerprint density at radius 1 is 1.22 bits per heavy atom. The van der Waals surface area contributed by atoms with Gasteiger partial charge in [-0.05, 0) is 12.5 Å². The number of hydrogen-bond donors (Lipinski definition) is 1. The number of rotatable bonds is 3. The highest BCUT2D eigenvalue weighted by atomic mass is 35.5. The summed E-state index contributed by atoms with van der Waals surface area (Å²) in [5, 5.41) is 9.55. The minimum Gasteiger partial charge on any atom is -0.320 e. The van der Waals surface area contributed by atoms with E-state index in [4.69, 9.17) is 11.6 Å². The molecule has 0 unspecified atom stereocenters. The molecule has 0 aliphatic heterocycles. The largest absolute Gasteiger partial charge is 0.320 e. The van der Waals surface area contributed by atoms with Gasteiger partial charge in [0.1, 0.15) is 10.8 Å². The van der Waals surface area contributed by atoms with Gasteiger partial charge in [0.2, 0.25) is 0 Å². The molecule has 0 spiro atoms. The summed E-state index contributed by atoms with van der Waals surface area (Å²) in [6.45, 7) is 7.78. The summed E-state index contributed by atoms with van der Waals surface area (Å²) < 4.78 is 1.54. The Labute approximate surface area is 139 Å². The number of halogens is 1. The number of H-pyrrole nitrogens is 1. The van der Waals surface area contributed by atoms with Crippen molar-refractivity contribution in [1.29, 1.82) is 0 Å². The third-order valence-electron chi connectivity index (χ3n) is 3.63. The first kappa shape index (κ1) is 15.7. The summed E-state index contributed by atoms with van der Waals surface area (Å²) in [5.41, 5.74) is 3.29. The van der Waals surface area contributed by atoms with Crippen molar-refractivity contribution in [2.45, 2.75) is 39.5 Å². The molecule has 2 aromatic heterocycles. The van der Waals surface area contributed by atoms with Crippen molar-refractivity contribution < 1.29 is 4.79 Å². The number of Topliss-reactive ketones (excluding diaryl/α,β-unsaturated/α-hetero) is 1. The number of hydrogen-bond acceptors (Lipinski definition) is 3. The van der Waals surface area contributed by atoms with Crippen LogP contribution in [0.3, 0.4) is 0 Å². The molecule has 1 aromatic carbocycles. The maximum atomic E-state index is 11.2. The molecule has 0 bridgehead atoms. The first-order valence-corrected chi connectivity index (χ1v) is 7.87. The molecule has 120 valence electrons. The number of fused-ring (bicyclic) bond motifs is 1. The van der Waals surface area contributed by atoms with E-state index in [-0.39, 0.29) is 11.2 Å². The standard InChI is InChI=1S/C17H19ClN4O/c1-10(23)9-11-5-7-12(8-6-11)15-19-16-13(18)14(17(2,3)4)20-22(16)21-15/h5-8H,9H2,1-4H3,(H,19,21). The molecule has 0 amide bonds. The van der Waals surface area contributed by atoms with Gasteiger partial charge in [-0.25, -0.2) is 0 Å². The zero-order valence-corrected chi connectivity index (χ0v) is 14.4. The summed E-state index contributed by atoms with van der Waals surface area (Å²) in [6, 6.07) is 7.75. The van der Waals surface area contributed by atoms with Gasteiger partial charge in [-0.1, -0.05) is 56.6 Å². The molecule has 6 heteroatoms. The van der Waals surface area contributed by atoms with Gasteiger partial charge < -0.3 is 4.98 Å². The summed E-state index contributed by atoms with van der Waals surface area (Å²) in [4.78, 5) is 14.4. The molecule has 0 atom stereocenters. The van der Waals surface area contributed by atoms with Crippen molar-refractivity contribution in [1.82, 2.24) is 19.8 Å². The molecular weight excluding hydrogens is 312 g/mol. The lowest BCUT2D eigenvalue weighted by Crippen LogP contribution is -2.12. The number of ketones is 1. The lowest BCUT2D eigenvalue weighted by Gasteiger charge is -2.14. The molecule has 0 saturated heterocycles. The minimum atomic E-state index is -0.139. The fourth-order valence-corrected chi connectivity index (χ4v) is 2.92. The lowest BCUT2D eigenvalue weighted by molar-refractivity contribution is -0.116. The lowest BCUT2D eigenvalue weighted by atomic mass is 9.92. The monoisotopic (exact) mass is 330 g/mol. The fourth-order valence-electron chi connectivity index (χ4n) is 2.47. The number of nitrogens with one attached hydrogen (secondary N) is 1. The van der Waals surface area contributed by atoms with Crippen LogP contribution >= 0.6 is 11.6 Å². The van der Waals surface area contributed by atoms with E-state index in [0.29, 0.717) is 22.9 Å². The average Bonchev–Trinajstić information content (AvgIpc) is 2.98. The summed E-state index contributed by atoms with van der Waals surface area (Å²) in [5.74, 6) is 0.847. The van der Waals surface area contributed by atoms with Crippen LogP contribution in [0.15, 0.2) is 24.3 Å². The van der Waals surface area contributed by atoms with Crippen molar-refractivity contribution in [2.75, 3.05) is 0 Å². The predicted molar refractivity (Wildman–Crippen MR) is 90.9 cm³/mol. The van der Waals surface area contributed by atoms with Crippen LogP contribution in [0.1, 0.15) is 39.0 Å². The highest BCUT2D eigenvalue weighted by Crippen LogP contribution is 2.31. The average molecular weight is 331 g/mol. The van der Waals surface area contributed by atoms with Crippen LogP contribution < -0.4 is 0 Å². The molecule has 0 saturated carbocycles. The van der Waals surface area contributed by atoms with Crippen molar-refractivity contribution in [3.63, 3.8) is 0 Å². The predicted octanol–water partition coefficient (Wildman–Crippen LogP) is 3.81. The number of aromatic amines is 1. The van der Waals surface area contributed by atoms with E-state index >= 15 is 0 Å². The minimum absolute atomic E-state index is 0.139. The second-order valence-corrected chi connectivity index (χ2v) is 7.18. The first-order valence-electron chi connectivity index (χ1n) is 7.49. The molecule has 5 nitrogen and oxygen atoms in total. The molecule has 0 aliphatic carbocycles. The molecule has 0 radical (unpaired) electrons. The number of carbonyl (C=O) groups is 1. The van der Waals surface area contributed by atoms with Crippen LogP contribution in [0.5, 0.6) is 0 Å². The van der Waals surface area contributed by atoms with E-state index in [9.17, 15) is 4.79 Å². The summed E-state index contributed by atoms with van der Waals surface area (Å²) >= 11 is 6.43. The maximum Gasteiger partial charge on any atom is 0.175 e. The van der Waals surface area contributed by atoms with Gasteiger partial charge in [0.25, 0.3) is 0 Å². The van der Waals surface area contributed by atoms with Gasteiger partial charge in [0, 0.05) is 17.4 Å². The van der Waals surface area contributed by atoms with Crippen LogP contribution in [0.2, 0.25) is 5.02 Å². The van der Waals surface area contributed by atoms with Gasteiger partial charge in [-0.2, -0.15) is 5.10 Å². The van der Waals surface area contributed by atoms with E-state index in [1.807, 2.05) is 24.3 Å². The first-order chi connectivity index (χ1) is 10.8. The van der Waals surface area contributed by atoms with Crippen molar-refractivity contribution >= 4 is 23.0 Å². The van der Waals surface area contributed by atoms with Gasteiger partial charge in [-0.3, -0.25) is 4.79 Å². The fraction of sp³-hybridized carbons (Fsp3) is 0.353. The number of carbonyl (C=O) groups excluding carboxylic acids is 1. The Hall–Kier alpha value is -2.14. The Bertz CT molecular complexity index is 869. The topological polar surface area (TPSA) is 63.1 Å². The maximum absolute atomic E-state index is 11.2. The van der Waals surface area contributed by atoms with E-state index < -0.39 is 0 Å².